The second-order valence-corrected chi connectivity index (χ2v) is 11.6. The quantitative estimate of drug-likeness (QED) is 0.280. The fourth-order valence-electron chi connectivity index (χ4n) is 4.34. The van der Waals surface area contributed by atoms with E-state index in [2.05, 4.69) is 30.5 Å². The third-order valence-corrected chi connectivity index (χ3v) is 8.05. The summed E-state index contributed by atoms with van der Waals surface area (Å²) in [6, 6.07) is 14.4. The number of aromatic nitrogens is 3. The summed E-state index contributed by atoms with van der Waals surface area (Å²) in [6.45, 7) is 2.83. The molecule has 1 aliphatic heterocycles. The van der Waals surface area contributed by atoms with Crippen molar-refractivity contribution in [2.45, 2.75) is 14.0 Å². The van der Waals surface area contributed by atoms with Crippen LogP contribution in [0.1, 0.15) is 23.5 Å². The molecule has 1 aliphatic rings. The number of hydrogen-bond donors (Lipinski definition) is 3. The van der Waals surface area contributed by atoms with Gasteiger partial charge in [0.25, 0.3) is 5.91 Å². The second kappa shape index (κ2) is 12.2. The summed E-state index contributed by atoms with van der Waals surface area (Å²) in [4.78, 5) is 26.0. The number of hydrogen-bond acceptors (Lipinski definition) is 8. The highest BCUT2D eigenvalue weighted by atomic mass is 35.5. The number of anilines is 2. The molecule has 0 aliphatic carbocycles. The first-order chi connectivity index (χ1) is 18.7. The summed E-state index contributed by atoms with van der Waals surface area (Å²) in [7, 11) is -1.63. The number of halogens is 1. The van der Waals surface area contributed by atoms with Crippen molar-refractivity contribution in [1.82, 2.24) is 29.5 Å². The Bertz CT molecular complexity index is 1620. The van der Waals surface area contributed by atoms with Crippen molar-refractivity contribution in [2.75, 3.05) is 44.8 Å². The molecule has 1 saturated heterocycles. The predicted octanol–water partition coefficient (Wildman–Crippen LogP) is 4.22. The van der Waals surface area contributed by atoms with Gasteiger partial charge in [-0.3, -0.25) is 14.7 Å². The van der Waals surface area contributed by atoms with Crippen molar-refractivity contribution in [3.05, 3.63) is 71.0 Å². The third kappa shape index (κ3) is 6.89. The van der Waals surface area contributed by atoms with Crippen molar-refractivity contribution in [3.63, 3.8) is 0 Å². The number of H-pyrrole nitrogens is 1. The number of imidazole rings is 1. The van der Waals surface area contributed by atoms with Crippen molar-refractivity contribution in [1.29, 1.82) is 0 Å². The van der Waals surface area contributed by atoms with E-state index in [0.717, 1.165) is 22.3 Å². The maximum atomic E-state index is 11.8. The van der Waals surface area contributed by atoms with Gasteiger partial charge in [-0.25, -0.2) is 13.4 Å². The van der Waals surface area contributed by atoms with E-state index in [0.29, 0.717) is 55.2 Å². The van der Waals surface area contributed by atoms with Gasteiger partial charge in [0.1, 0.15) is 17.2 Å². The Morgan fingerprint density at radius 2 is 1.82 bits per heavy atom. The Balaban J connectivity index is 0.00000370. The number of fused-ring (bicyclic) bond motifs is 1. The number of piperazine rings is 1. The molecule has 2 aromatic carbocycles. The topological polar surface area (TPSA) is 133 Å². The number of pyridine rings is 1. The van der Waals surface area contributed by atoms with Gasteiger partial charge in [-0.05, 0) is 42.0 Å². The molecule has 0 radical (unpaired) electrons. The van der Waals surface area contributed by atoms with Crippen LogP contribution < -0.4 is 15.4 Å². The van der Waals surface area contributed by atoms with E-state index >= 15 is 0 Å². The minimum absolute atomic E-state index is 0. The van der Waals surface area contributed by atoms with E-state index < -0.39 is 10.0 Å². The van der Waals surface area contributed by atoms with Crippen LogP contribution in [0.5, 0.6) is 11.5 Å². The van der Waals surface area contributed by atoms with Gasteiger partial charge in [0.05, 0.1) is 17.3 Å². The molecule has 212 valence electrons. The lowest BCUT2D eigenvalue weighted by molar-refractivity contribution is 0.0958. The Labute approximate surface area is 238 Å². The number of rotatable bonds is 8. The summed E-state index contributed by atoms with van der Waals surface area (Å²) in [5.41, 5.74) is 3.55. The highest BCUT2D eigenvalue weighted by Gasteiger charge is 2.23. The molecule has 11 nitrogen and oxygen atoms in total. The Morgan fingerprint density at radius 1 is 1.07 bits per heavy atom. The minimum Gasteiger partial charge on any atom is -0.457 e. The van der Waals surface area contributed by atoms with Crippen molar-refractivity contribution >= 4 is 50.2 Å². The SMILES string of the molecule is C.CNC(=O)c1cc(Oc2ccc3nc(Nc4ccc(Cl)c(CN5CCN(S(C)(=O)=O)CC5)c4)[nH]c3c2)ccn1. The fourth-order valence-corrected chi connectivity index (χ4v) is 5.35. The fraction of sp³-hybridized carbons (Fsp3) is 0.296. The lowest BCUT2D eigenvalue weighted by Gasteiger charge is -2.33. The zero-order chi connectivity index (χ0) is 27.6. The highest BCUT2D eigenvalue weighted by Crippen LogP contribution is 2.28. The molecule has 4 aromatic rings. The Kier molecular flexibility index (Phi) is 8.94. The van der Waals surface area contributed by atoms with E-state index in [1.807, 2.05) is 30.3 Å². The number of ether oxygens (including phenoxy) is 1. The van der Waals surface area contributed by atoms with Gasteiger partial charge in [0, 0.05) is 68.8 Å². The molecule has 1 amide bonds. The lowest BCUT2D eigenvalue weighted by Crippen LogP contribution is -2.47. The van der Waals surface area contributed by atoms with Crippen LogP contribution >= 0.6 is 11.6 Å². The third-order valence-electron chi connectivity index (χ3n) is 6.38. The molecular weight excluding hydrogens is 554 g/mol. The smallest absolute Gasteiger partial charge is 0.269 e. The summed E-state index contributed by atoms with van der Waals surface area (Å²) < 4.78 is 31.0. The summed E-state index contributed by atoms with van der Waals surface area (Å²) in [6.07, 6.45) is 2.76. The second-order valence-electron chi connectivity index (χ2n) is 9.19. The number of nitrogens with zero attached hydrogens (tertiary/aromatic N) is 4. The van der Waals surface area contributed by atoms with Gasteiger partial charge in [-0.1, -0.05) is 19.0 Å². The molecule has 13 heteroatoms. The molecule has 0 atom stereocenters. The number of aromatic amines is 1. The van der Waals surface area contributed by atoms with Crippen LogP contribution in [0.3, 0.4) is 0 Å². The molecule has 0 unspecified atom stereocenters. The van der Waals surface area contributed by atoms with E-state index in [4.69, 9.17) is 16.3 Å². The average Bonchev–Trinajstić information content (AvgIpc) is 3.31. The van der Waals surface area contributed by atoms with Crippen molar-refractivity contribution in [2.24, 2.45) is 0 Å². The van der Waals surface area contributed by atoms with Gasteiger partial charge in [0.15, 0.2) is 0 Å². The van der Waals surface area contributed by atoms with Crippen LogP contribution in [0.4, 0.5) is 11.6 Å². The number of nitrogens with one attached hydrogen (secondary N) is 3. The summed E-state index contributed by atoms with van der Waals surface area (Å²) in [5, 5.41) is 6.49. The van der Waals surface area contributed by atoms with Gasteiger partial charge in [-0.2, -0.15) is 4.31 Å². The number of sulfonamides is 1. The largest absolute Gasteiger partial charge is 0.457 e. The standard InChI is InChI=1S/C26H28ClN7O4S.CH4/c1-28-25(35)24-15-20(7-8-29-24)38-19-4-6-22-23(14-19)32-26(31-22)30-18-3-5-21(27)17(13-18)16-33-9-11-34(12-10-33)39(2,36)37;/h3-8,13-15H,9-12,16H2,1-2H3,(H,28,35)(H2,30,31,32);1H4. The van der Waals surface area contributed by atoms with Gasteiger partial charge >= 0.3 is 0 Å². The normalized spacial score (nSPS) is 14.5. The predicted molar refractivity (Wildman–Crippen MR) is 157 cm³/mol. The monoisotopic (exact) mass is 585 g/mol. The minimum atomic E-state index is -3.17. The van der Waals surface area contributed by atoms with E-state index in [9.17, 15) is 13.2 Å². The molecule has 5 rings (SSSR count). The number of benzene rings is 2. The van der Waals surface area contributed by atoms with Gasteiger partial charge in [-0.15, -0.1) is 0 Å². The average molecular weight is 586 g/mol. The Morgan fingerprint density at radius 3 is 2.55 bits per heavy atom. The van der Waals surface area contributed by atoms with Crippen LogP contribution in [0.25, 0.3) is 11.0 Å². The summed E-state index contributed by atoms with van der Waals surface area (Å²) in [5.74, 6) is 1.34. The molecule has 0 saturated carbocycles. The molecule has 40 heavy (non-hydrogen) atoms. The molecule has 0 bridgehead atoms. The first kappa shape index (κ1) is 29.3. The van der Waals surface area contributed by atoms with Crippen molar-refractivity contribution < 1.29 is 17.9 Å². The first-order valence-corrected chi connectivity index (χ1v) is 14.5. The molecule has 1 fully saturated rings. The van der Waals surface area contributed by atoms with Crippen LogP contribution in [-0.2, 0) is 16.6 Å². The van der Waals surface area contributed by atoms with E-state index in [1.54, 1.807) is 25.2 Å². The van der Waals surface area contributed by atoms with Crippen LogP contribution in [-0.4, -0.2) is 78.0 Å². The van der Waals surface area contributed by atoms with Gasteiger partial charge < -0.3 is 20.4 Å². The lowest BCUT2D eigenvalue weighted by atomic mass is 10.1. The number of carbonyl (C=O) groups excluding carboxylic acids is 1. The van der Waals surface area contributed by atoms with E-state index in [-0.39, 0.29) is 19.0 Å². The highest BCUT2D eigenvalue weighted by molar-refractivity contribution is 7.88. The number of carbonyl (C=O) groups is 1. The maximum absolute atomic E-state index is 11.8. The maximum Gasteiger partial charge on any atom is 0.269 e. The summed E-state index contributed by atoms with van der Waals surface area (Å²) >= 11 is 6.48. The molecule has 2 aromatic heterocycles. The molecule has 3 heterocycles. The zero-order valence-electron chi connectivity index (χ0n) is 21.4. The Hall–Kier alpha value is -3.71. The van der Waals surface area contributed by atoms with Crippen molar-refractivity contribution in [3.8, 4) is 11.5 Å². The molecule has 0 spiro atoms. The van der Waals surface area contributed by atoms with Gasteiger partial charge in [0.2, 0.25) is 16.0 Å². The van der Waals surface area contributed by atoms with Crippen LogP contribution in [0.2, 0.25) is 5.02 Å². The molecule has 3 N–H and O–H groups in total. The van der Waals surface area contributed by atoms with Crippen LogP contribution in [0, 0.1) is 0 Å². The zero-order valence-corrected chi connectivity index (χ0v) is 23.0. The van der Waals surface area contributed by atoms with Crippen LogP contribution in [0.15, 0.2) is 54.7 Å². The van der Waals surface area contributed by atoms with E-state index in [1.165, 1.54) is 16.8 Å². The number of amides is 1. The first-order valence-electron chi connectivity index (χ1n) is 12.3. The molecular formula is C27H32ClN7O4S.